The highest BCUT2D eigenvalue weighted by Gasteiger charge is 2.40. The van der Waals surface area contributed by atoms with Crippen LogP contribution in [0.25, 0.3) is 0 Å². The minimum Gasteiger partial charge on any atom is -0.307 e. The molecule has 1 heterocycles. The monoisotopic (exact) mass is 373 g/mol. The van der Waals surface area contributed by atoms with Gasteiger partial charge in [-0.2, -0.15) is 8.42 Å². The Balaban J connectivity index is 2.42. The van der Waals surface area contributed by atoms with Gasteiger partial charge >= 0.3 is 10.2 Å². The SMILES string of the molecule is O=C1CC(S(=O)(=O)F)CN1c1c(F)cc(Br)cc1Cl. The van der Waals surface area contributed by atoms with Crippen molar-refractivity contribution in [3.8, 4) is 0 Å². The number of rotatable bonds is 2. The molecule has 4 nitrogen and oxygen atoms in total. The van der Waals surface area contributed by atoms with Crippen LogP contribution in [0.1, 0.15) is 6.42 Å². The Hall–Kier alpha value is -0.730. The van der Waals surface area contributed by atoms with Crippen molar-refractivity contribution in [2.24, 2.45) is 0 Å². The molecular weight excluding hydrogens is 368 g/mol. The van der Waals surface area contributed by atoms with Gasteiger partial charge in [-0.25, -0.2) is 4.39 Å². The smallest absolute Gasteiger partial charge is 0.307 e. The van der Waals surface area contributed by atoms with Gasteiger partial charge in [-0.15, -0.1) is 3.89 Å². The Labute approximate surface area is 121 Å². The summed E-state index contributed by atoms with van der Waals surface area (Å²) in [4.78, 5) is 12.5. The summed E-state index contributed by atoms with van der Waals surface area (Å²) >= 11 is 8.87. The Kier molecular flexibility index (Phi) is 3.85. The quantitative estimate of drug-likeness (QED) is 0.748. The lowest BCUT2D eigenvalue weighted by molar-refractivity contribution is -0.117. The first-order valence-corrected chi connectivity index (χ1v) is 7.70. The van der Waals surface area contributed by atoms with Crippen molar-refractivity contribution < 1.29 is 21.5 Å². The lowest BCUT2D eigenvalue weighted by Gasteiger charge is -2.18. The van der Waals surface area contributed by atoms with E-state index in [1.54, 1.807) is 0 Å². The molecule has 0 bridgehead atoms. The van der Waals surface area contributed by atoms with Gasteiger partial charge in [-0.1, -0.05) is 27.5 Å². The average Bonchev–Trinajstić information content (AvgIpc) is 2.59. The molecule has 1 saturated heterocycles. The van der Waals surface area contributed by atoms with E-state index < -0.39 is 40.2 Å². The highest BCUT2D eigenvalue weighted by atomic mass is 79.9. The Bertz CT molecular complexity index is 629. The fourth-order valence-corrected chi connectivity index (χ4v) is 3.41. The molecule has 1 unspecified atom stereocenters. The van der Waals surface area contributed by atoms with E-state index in [2.05, 4.69) is 15.9 Å². The molecule has 0 N–H and O–H groups in total. The Morgan fingerprint density at radius 3 is 2.53 bits per heavy atom. The zero-order valence-electron chi connectivity index (χ0n) is 9.24. The van der Waals surface area contributed by atoms with E-state index in [1.807, 2.05) is 0 Å². The summed E-state index contributed by atoms with van der Waals surface area (Å²) in [6.45, 7) is -0.448. The second-order valence-electron chi connectivity index (χ2n) is 4.02. The fourth-order valence-electron chi connectivity index (χ4n) is 1.87. The molecule has 1 aliphatic rings. The van der Waals surface area contributed by atoms with Crippen molar-refractivity contribution in [3.63, 3.8) is 0 Å². The predicted octanol–water partition coefficient (Wildman–Crippen LogP) is 2.65. The van der Waals surface area contributed by atoms with Crippen molar-refractivity contribution in [1.82, 2.24) is 0 Å². The molecular formula is C10H7BrClF2NO3S. The number of hydrogen-bond acceptors (Lipinski definition) is 3. The zero-order valence-corrected chi connectivity index (χ0v) is 12.4. The van der Waals surface area contributed by atoms with E-state index in [1.165, 1.54) is 6.07 Å². The summed E-state index contributed by atoms with van der Waals surface area (Å²) in [7, 11) is -4.85. The highest BCUT2D eigenvalue weighted by molar-refractivity contribution is 9.10. The topological polar surface area (TPSA) is 54.5 Å². The molecule has 1 aliphatic heterocycles. The maximum absolute atomic E-state index is 13.8. The van der Waals surface area contributed by atoms with Gasteiger partial charge in [-0.3, -0.25) is 4.79 Å². The second-order valence-corrected chi connectivity index (χ2v) is 6.96. The fraction of sp³-hybridized carbons (Fsp3) is 0.300. The molecule has 1 amide bonds. The van der Waals surface area contributed by atoms with E-state index in [4.69, 9.17) is 11.6 Å². The number of hydrogen-bond donors (Lipinski definition) is 0. The lowest BCUT2D eigenvalue weighted by Crippen LogP contribution is -2.28. The van der Waals surface area contributed by atoms with E-state index in [9.17, 15) is 21.5 Å². The van der Waals surface area contributed by atoms with Crippen molar-refractivity contribution in [2.75, 3.05) is 11.4 Å². The summed E-state index contributed by atoms with van der Waals surface area (Å²) < 4.78 is 48.7. The van der Waals surface area contributed by atoms with Crippen LogP contribution in [0.2, 0.25) is 5.02 Å². The largest absolute Gasteiger partial charge is 0.307 e. The number of nitrogens with zero attached hydrogens (tertiary/aromatic N) is 1. The zero-order chi connectivity index (χ0) is 14.4. The molecule has 0 saturated carbocycles. The third kappa shape index (κ3) is 2.90. The molecule has 0 radical (unpaired) electrons. The van der Waals surface area contributed by atoms with Gasteiger partial charge in [-0.05, 0) is 12.1 Å². The molecule has 1 atom stereocenters. The number of carbonyl (C=O) groups is 1. The minimum absolute atomic E-state index is 0.0582. The van der Waals surface area contributed by atoms with Gasteiger partial charge in [0, 0.05) is 17.4 Å². The van der Waals surface area contributed by atoms with Gasteiger partial charge in [0.15, 0.2) is 0 Å². The lowest BCUT2D eigenvalue weighted by atomic mass is 10.3. The van der Waals surface area contributed by atoms with Gasteiger partial charge in [0.1, 0.15) is 11.1 Å². The molecule has 104 valence electrons. The molecule has 0 aliphatic carbocycles. The van der Waals surface area contributed by atoms with E-state index in [0.717, 1.165) is 11.0 Å². The molecule has 0 spiro atoms. The number of halogens is 4. The van der Waals surface area contributed by atoms with Gasteiger partial charge in [0.05, 0.1) is 10.7 Å². The van der Waals surface area contributed by atoms with Crippen molar-refractivity contribution in [3.05, 3.63) is 27.4 Å². The summed E-state index contributed by atoms with van der Waals surface area (Å²) in [5, 5.41) is -1.55. The molecule has 9 heteroatoms. The van der Waals surface area contributed by atoms with Crippen molar-refractivity contribution >= 4 is 49.3 Å². The number of benzene rings is 1. The third-order valence-corrected chi connectivity index (χ3v) is 4.60. The molecule has 0 aromatic heterocycles. The first-order chi connectivity index (χ1) is 8.70. The van der Waals surface area contributed by atoms with Crippen LogP contribution in [-0.2, 0) is 15.0 Å². The first kappa shape index (κ1) is 14.7. The van der Waals surface area contributed by atoms with Crippen LogP contribution < -0.4 is 4.90 Å². The second kappa shape index (κ2) is 4.99. The minimum atomic E-state index is -4.85. The summed E-state index contributed by atoms with van der Waals surface area (Å²) in [6, 6.07) is 2.45. The van der Waals surface area contributed by atoms with E-state index in [0.29, 0.717) is 4.47 Å². The first-order valence-electron chi connectivity index (χ1n) is 5.08. The average molecular weight is 375 g/mol. The third-order valence-electron chi connectivity index (χ3n) is 2.74. The maximum Gasteiger partial charge on any atom is 0.307 e. The van der Waals surface area contributed by atoms with Crippen LogP contribution >= 0.6 is 27.5 Å². The van der Waals surface area contributed by atoms with Crippen LogP contribution in [-0.4, -0.2) is 26.1 Å². The standard InChI is InChI=1S/C10H7BrClF2NO3S/c11-5-1-7(12)10(8(13)2-5)15-4-6(3-9(15)16)19(14,17)18/h1-2,6H,3-4H2. The van der Waals surface area contributed by atoms with Crippen LogP contribution in [0, 0.1) is 5.82 Å². The number of amides is 1. The molecule has 19 heavy (non-hydrogen) atoms. The van der Waals surface area contributed by atoms with Gasteiger partial charge in [0.2, 0.25) is 5.91 Å². The molecule has 2 rings (SSSR count). The van der Waals surface area contributed by atoms with Gasteiger partial charge in [0.25, 0.3) is 0 Å². The van der Waals surface area contributed by atoms with Crippen molar-refractivity contribution in [1.29, 1.82) is 0 Å². The van der Waals surface area contributed by atoms with Crippen LogP contribution in [0.4, 0.5) is 14.0 Å². The van der Waals surface area contributed by atoms with E-state index in [-0.39, 0.29) is 10.7 Å². The summed E-state index contributed by atoms with van der Waals surface area (Å²) in [6.07, 6.45) is -0.523. The normalized spacial score (nSPS) is 20.1. The van der Waals surface area contributed by atoms with Crippen LogP contribution in [0.3, 0.4) is 0 Å². The summed E-state index contributed by atoms with van der Waals surface area (Å²) in [5.41, 5.74) is -0.235. The number of carbonyl (C=O) groups excluding carboxylic acids is 1. The highest BCUT2D eigenvalue weighted by Crippen LogP contribution is 2.35. The molecule has 1 fully saturated rings. The number of anilines is 1. The van der Waals surface area contributed by atoms with Crippen molar-refractivity contribution in [2.45, 2.75) is 11.7 Å². The van der Waals surface area contributed by atoms with Gasteiger partial charge < -0.3 is 4.90 Å². The van der Waals surface area contributed by atoms with E-state index >= 15 is 0 Å². The predicted molar refractivity (Wildman–Crippen MR) is 69.9 cm³/mol. The van der Waals surface area contributed by atoms with Crippen LogP contribution in [0.5, 0.6) is 0 Å². The summed E-state index contributed by atoms with van der Waals surface area (Å²) in [5.74, 6) is -1.47. The van der Waals surface area contributed by atoms with Crippen LogP contribution in [0.15, 0.2) is 16.6 Å². The maximum atomic E-state index is 13.8. The Morgan fingerprint density at radius 2 is 2.05 bits per heavy atom. The Morgan fingerprint density at radius 1 is 1.42 bits per heavy atom. The molecule has 1 aromatic carbocycles. The molecule has 1 aromatic rings.